The van der Waals surface area contributed by atoms with Crippen LogP contribution in [-0.2, 0) is 14.8 Å². The lowest BCUT2D eigenvalue weighted by Crippen LogP contribution is -2.48. The number of aliphatic hydroxyl groups is 1. The zero-order valence-electron chi connectivity index (χ0n) is 28.5. The van der Waals surface area contributed by atoms with Crippen molar-refractivity contribution in [3.05, 3.63) is 53.1 Å². The van der Waals surface area contributed by atoms with Crippen LogP contribution in [-0.4, -0.2) is 92.3 Å². The van der Waals surface area contributed by atoms with Gasteiger partial charge in [-0.25, -0.2) is 13.2 Å². The second-order valence-corrected chi connectivity index (χ2v) is 15.7. The first-order chi connectivity index (χ1) is 22.9. The minimum absolute atomic E-state index is 0.0575. The van der Waals surface area contributed by atoms with E-state index in [1.807, 2.05) is 13.8 Å². The molecule has 2 aromatic rings. The maximum Gasteiger partial charge on any atom is 0.319 e. The van der Waals surface area contributed by atoms with Gasteiger partial charge in [0, 0.05) is 49.4 Å². The van der Waals surface area contributed by atoms with E-state index >= 15 is 0 Å². The van der Waals surface area contributed by atoms with Crippen molar-refractivity contribution < 1.29 is 32.6 Å². The van der Waals surface area contributed by atoms with E-state index in [0.29, 0.717) is 29.5 Å². The molecule has 1 heterocycles. The molecule has 0 bridgehead atoms. The number of nitrogens with zero attached hydrogens (tertiary/aromatic N) is 2. The minimum atomic E-state index is -3.84. The van der Waals surface area contributed by atoms with Crippen LogP contribution in [0.4, 0.5) is 10.5 Å². The third kappa shape index (κ3) is 10.3. The molecule has 3 amide bonds. The summed E-state index contributed by atoms with van der Waals surface area (Å²) in [5.41, 5.74) is 0.717. The van der Waals surface area contributed by atoms with Gasteiger partial charge < -0.3 is 30.1 Å². The number of likely N-dealkylation sites (N-methyl/N-ethyl adjacent to an activating group) is 1. The van der Waals surface area contributed by atoms with Crippen molar-refractivity contribution in [2.24, 2.45) is 5.92 Å². The van der Waals surface area contributed by atoms with Gasteiger partial charge in [0.05, 0.1) is 35.3 Å². The molecule has 0 radical (unpaired) electrons. The van der Waals surface area contributed by atoms with Gasteiger partial charge in [-0.3, -0.25) is 4.79 Å². The number of carbonyl (C=O) groups excluding carboxylic acids is 2. The number of hydrogen-bond acceptors (Lipinski definition) is 7. The molecule has 0 spiro atoms. The molecule has 1 saturated carbocycles. The predicted octanol–water partition coefficient (Wildman–Crippen LogP) is 5.91. The first-order valence-electron chi connectivity index (χ1n) is 17.0. The van der Waals surface area contributed by atoms with Crippen LogP contribution < -0.4 is 15.4 Å². The summed E-state index contributed by atoms with van der Waals surface area (Å²) in [6.07, 6.45) is 6.75. The Labute approximate surface area is 290 Å². The number of urea groups is 1. The largest absolute Gasteiger partial charge is 0.490 e. The molecule has 0 unspecified atom stereocenters. The molecule has 3 N–H and O–H groups in total. The maximum absolute atomic E-state index is 14.4. The Bertz CT molecular complexity index is 1470. The van der Waals surface area contributed by atoms with Crippen LogP contribution in [0, 0.1) is 5.92 Å². The number of benzene rings is 2. The summed E-state index contributed by atoms with van der Waals surface area (Å²) in [5, 5.41) is 16.6. The number of sulfonamides is 1. The second kappa shape index (κ2) is 17.7. The van der Waals surface area contributed by atoms with Crippen molar-refractivity contribution >= 4 is 39.2 Å². The Hall–Kier alpha value is -2.90. The Morgan fingerprint density at radius 2 is 1.75 bits per heavy atom. The molecule has 1 aliphatic carbocycles. The van der Waals surface area contributed by atoms with Gasteiger partial charge in [0.2, 0.25) is 10.0 Å². The molecule has 11 nitrogen and oxygen atoms in total. The van der Waals surface area contributed by atoms with Crippen LogP contribution in [0.15, 0.2) is 47.4 Å². The summed E-state index contributed by atoms with van der Waals surface area (Å²) in [6.45, 7) is 5.97. The van der Waals surface area contributed by atoms with Crippen LogP contribution in [0.3, 0.4) is 0 Å². The lowest BCUT2D eigenvalue weighted by molar-refractivity contribution is -0.00833. The van der Waals surface area contributed by atoms with Gasteiger partial charge in [-0.1, -0.05) is 37.8 Å². The fourth-order valence-electron chi connectivity index (χ4n) is 6.20. The second-order valence-electron chi connectivity index (χ2n) is 13.2. The molecular weight excluding hydrogens is 656 g/mol. The first-order valence-corrected chi connectivity index (χ1v) is 18.8. The Kier molecular flexibility index (Phi) is 14.0. The zero-order chi connectivity index (χ0) is 34.8. The number of ether oxygens (including phenoxy) is 2. The van der Waals surface area contributed by atoms with Gasteiger partial charge in [-0.15, -0.1) is 0 Å². The fraction of sp³-hybridized carbons (Fsp3) is 0.600. The summed E-state index contributed by atoms with van der Waals surface area (Å²) in [7, 11) is -2.33. The average molecular weight is 707 g/mol. The van der Waals surface area contributed by atoms with Crippen molar-refractivity contribution in [2.45, 2.75) is 101 Å². The highest BCUT2D eigenvalue weighted by Crippen LogP contribution is 2.29. The van der Waals surface area contributed by atoms with E-state index in [2.05, 4.69) is 10.6 Å². The molecule has 266 valence electrons. The summed E-state index contributed by atoms with van der Waals surface area (Å²) < 4.78 is 40.7. The molecule has 1 aliphatic heterocycles. The van der Waals surface area contributed by atoms with Gasteiger partial charge in [-0.05, 0) is 88.4 Å². The predicted molar refractivity (Wildman–Crippen MR) is 187 cm³/mol. The van der Waals surface area contributed by atoms with Gasteiger partial charge in [0.25, 0.3) is 5.91 Å². The number of rotatable bonds is 8. The maximum atomic E-state index is 14.4. The van der Waals surface area contributed by atoms with E-state index in [1.165, 1.54) is 42.0 Å². The first kappa shape index (κ1) is 37.9. The highest BCUT2D eigenvalue weighted by Gasteiger charge is 2.32. The highest BCUT2D eigenvalue weighted by molar-refractivity contribution is 7.89. The summed E-state index contributed by atoms with van der Waals surface area (Å²) in [5.74, 6) is -0.299. The Balaban J connectivity index is 1.60. The third-order valence-corrected chi connectivity index (χ3v) is 11.3. The average Bonchev–Trinajstić information content (AvgIpc) is 3.06. The van der Waals surface area contributed by atoms with E-state index in [9.17, 15) is 23.1 Å². The Morgan fingerprint density at radius 3 is 2.44 bits per heavy atom. The molecule has 2 aromatic carbocycles. The standard InChI is InChI=1S/C35H51ClN4O7S/c1-24-21-40(25(2)23-41)34(42)31-20-29(38-35(43)37-28-11-6-5-7-12-28)15-18-32(31)47-26(3)10-8-9-19-46-33(24)22-39(4)48(44,45)30-16-13-27(36)14-17-30/h13-18,20,24-26,28,33,41H,5-12,19,21-23H2,1-4H3,(H2,37,38,43)/t24-,25+,26-,33-/m0/s1. The van der Waals surface area contributed by atoms with Gasteiger partial charge in [-0.2, -0.15) is 4.31 Å². The Morgan fingerprint density at radius 1 is 1.06 bits per heavy atom. The smallest absolute Gasteiger partial charge is 0.319 e. The van der Waals surface area contributed by atoms with Crippen LogP contribution >= 0.6 is 11.6 Å². The summed E-state index contributed by atoms with van der Waals surface area (Å²) in [6, 6.07) is 10.3. The lowest BCUT2D eigenvalue weighted by Gasteiger charge is -2.35. The van der Waals surface area contributed by atoms with E-state index in [1.54, 1.807) is 30.0 Å². The number of anilines is 1. The quantitative estimate of drug-likeness (QED) is 0.310. The molecule has 48 heavy (non-hydrogen) atoms. The molecule has 4 atom stereocenters. The molecule has 0 aromatic heterocycles. The number of hydrogen-bond donors (Lipinski definition) is 3. The van der Waals surface area contributed by atoms with E-state index in [0.717, 1.165) is 38.5 Å². The third-order valence-electron chi connectivity index (χ3n) is 9.21. The molecule has 4 rings (SSSR count). The van der Waals surface area contributed by atoms with E-state index in [-0.39, 0.29) is 60.2 Å². The van der Waals surface area contributed by atoms with Crippen molar-refractivity contribution in [1.82, 2.24) is 14.5 Å². The van der Waals surface area contributed by atoms with E-state index < -0.39 is 22.2 Å². The molecule has 2 aliphatic rings. The summed E-state index contributed by atoms with van der Waals surface area (Å²) in [4.78, 5) is 28.9. The fourth-order valence-corrected chi connectivity index (χ4v) is 7.51. The van der Waals surface area contributed by atoms with Gasteiger partial charge in [0.15, 0.2) is 0 Å². The number of halogens is 1. The van der Waals surface area contributed by atoms with Crippen molar-refractivity contribution in [3.8, 4) is 5.75 Å². The van der Waals surface area contributed by atoms with Crippen LogP contribution in [0.25, 0.3) is 0 Å². The van der Waals surface area contributed by atoms with Gasteiger partial charge in [0.1, 0.15) is 5.75 Å². The molecule has 0 saturated heterocycles. The van der Waals surface area contributed by atoms with Crippen LogP contribution in [0.1, 0.15) is 82.5 Å². The van der Waals surface area contributed by atoms with Crippen molar-refractivity contribution in [3.63, 3.8) is 0 Å². The van der Waals surface area contributed by atoms with E-state index in [4.69, 9.17) is 21.1 Å². The number of carbonyl (C=O) groups is 2. The molecule has 13 heteroatoms. The monoisotopic (exact) mass is 706 g/mol. The molecule has 1 fully saturated rings. The number of nitrogens with one attached hydrogen (secondary N) is 2. The molecular formula is C35H51ClN4O7S. The van der Waals surface area contributed by atoms with Crippen LogP contribution in [0.2, 0.25) is 5.02 Å². The zero-order valence-corrected chi connectivity index (χ0v) is 30.1. The minimum Gasteiger partial charge on any atom is -0.490 e. The van der Waals surface area contributed by atoms with Crippen LogP contribution in [0.5, 0.6) is 5.75 Å². The highest BCUT2D eigenvalue weighted by atomic mass is 35.5. The number of amides is 3. The topological polar surface area (TPSA) is 138 Å². The van der Waals surface area contributed by atoms with Gasteiger partial charge >= 0.3 is 6.03 Å². The summed E-state index contributed by atoms with van der Waals surface area (Å²) >= 11 is 5.99. The van der Waals surface area contributed by atoms with Crippen molar-refractivity contribution in [1.29, 1.82) is 0 Å². The SMILES string of the molecule is C[C@H](CO)N1C[C@H](C)[C@H](CN(C)S(=O)(=O)c2ccc(Cl)cc2)OCCCC[C@H](C)Oc2ccc(NC(=O)NC3CCCCC3)cc2C1=O. The number of aliphatic hydroxyl groups excluding tert-OH is 1. The normalized spacial score (nSPS) is 22.7. The lowest BCUT2D eigenvalue weighted by atomic mass is 9.96. The number of fused-ring (bicyclic) bond motifs is 1. The van der Waals surface area contributed by atoms with Crippen molar-refractivity contribution in [2.75, 3.05) is 38.7 Å².